The van der Waals surface area contributed by atoms with Crippen LogP contribution < -0.4 is 0 Å². The zero-order chi connectivity index (χ0) is 32.2. The van der Waals surface area contributed by atoms with Crippen molar-refractivity contribution < 1.29 is 52.7 Å². The minimum absolute atomic E-state index is 0.575. The number of benzene rings is 1. The molecule has 0 N–H and O–H groups in total. The molecule has 1 saturated carbocycles. The van der Waals surface area contributed by atoms with Gasteiger partial charge in [0, 0.05) is 22.3 Å². The zero-order valence-electron chi connectivity index (χ0n) is 20.3. The fourth-order valence-corrected chi connectivity index (χ4v) is 4.02. The summed E-state index contributed by atoms with van der Waals surface area (Å²) in [6, 6.07) is 3.08. The molecule has 2 aromatic heterocycles. The van der Waals surface area contributed by atoms with Crippen LogP contribution in [0.25, 0.3) is 16.7 Å². The molecule has 1 aromatic carbocycles. The van der Waals surface area contributed by atoms with E-state index < -0.39 is 126 Å². The van der Waals surface area contributed by atoms with Crippen LogP contribution in [0.1, 0.15) is 22.3 Å². The highest BCUT2D eigenvalue weighted by molar-refractivity contribution is 6.12. The molecule has 0 radical (unpaired) electrons. The van der Waals surface area contributed by atoms with Crippen LogP contribution in [0.3, 0.4) is 0 Å². The first-order valence-corrected chi connectivity index (χ1v) is 10.8. The molecule has 43 heavy (non-hydrogen) atoms. The third kappa shape index (κ3) is 4.44. The van der Waals surface area contributed by atoms with Gasteiger partial charge < -0.3 is 0 Å². The first kappa shape index (κ1) is 30.3. The van der Waals surface area contributed by atoms with E-state index in [1.807, 2.05) is 0 Å². The van der Waals surface area contributed by atoms with Crippen molar-refractivity contribution in [3.63, 3.8) is 0 Å². The molecule has 4 rings (SSSR count). The van der Waals surface area contributed by atoms with Gasteiger partial charge >= 0.3 is 0 Å². The predicted octanol–water partition coefficient (Wildman–Crippen LogP) is 6.70. The van der Waals surface area contributed by atoms with Crippen LogP contribution in [0.2, 0.25) is 0 Å². The number of hydrogen-bond acceptors (Lipinski definition) is 5. The molecular formula is C26H3F12N5. The maximum atomic E-state index is 14.9. The van der Waals surface area contributed by atoms with Crippen LogP contribution in [0.4, 0.5) is 52.7 Å². The maximum Gasteiger partial charge on any atom is 0.252 e. The Hall–Kier alpha value is -5.63. The third-order valence-electron chi connectivity index (χ3n) is 6.00. The van der Waals surface area contributed by atoms with E-state index in [0.29, 0.717) is 6.92 Å². The van der Waals surface area contributed by atoms with Gasteiger partial charge in [-0.15, -0.1) is 0 Å². The van der Waals surface area contributed by atoms with Crippen molar-refractivity contribution in [3.8, 4) is 18.2 Å². The Labute approximate surface area is 230 Å². The number of nitrogens with zero attached hydrogens (tertiary/aromatic N) is 5. The number of rotatable bonds is 3. The predicted molar refractivity (Wildman–Crippen MR) is 117 cm³/mol. The average molecular weight is 613 g/mol. The summed E-state index contributed by atoms with van der Waals surface area (Å²) in [4.78, 5) is 4.49. The molecule has 5 nitrogen and oxygen atoms in total. The topological polar surface area (TPSA) is 97.1 Å². The molecule has 0 spiro atoms. The molecule has 17 heteroatoms. The van der Waals surface area contributed by atoms with Crippen molar-refractivity contribution in [1.82, 2.24) is 9.97 Å². The largest absolute Gasteiger partial charge is 0.252 e. The van der Waals surface area contributed by atoms with E-state index in [0.717, 1.165) is 18.2 Å². The maximum absolute atomic E-state index is 14.9. The van der Waals surface area contributed by atoms with Gasteiger partial charge in [0.2, 0.25) is 0 Å². The monoisotopic (exact) mass is 613 g/mol. The fraction of sp³-hybridized carbons (Fsp3) is 0.0385. The first-order chi connectivity index (χ1) is 20.2. The van der Waals surface area contributed by atoms with Crippen molar-refractivity contribution in [1.29, 1.82) is 15.8 Å². The van der Waals surface area contributed by atoms with Crippen LogP contribution >= 0.6 is 0 Å². The Morgan fingerprint density at radius 3 is 0.884 bits per heavy atom. The Balaban J connectivity index is 2.34. The van der Waals surface area contributed by atoms with Crippen molar-refractivity contribution in [2.45, 2.75) is 6.92 Å². The lowest BCUT2D eigenvalue weighted by Gasteiger charge is -2.08. The standard InChI is InChI=1S/C26H3F12N5/c1-5-15(27)17(29)12(18(30)16(5)28)6(2-39)9-10(7(3-40)13-19(31)23(35)42-24(36)20(13)32)11(9)8(4-41)14-21(33)25(37)43-26(38)22(14)34/h1H3. The minimum atomic E-state index is -2.39. The summed E-state index contributed by atoms with van der Waals surface area (Å²) in [5.74, 6) is -27.8. The van der Waals surface area contributed by atoms with E-state index in [9.17, 15) is 68.5 Å². The van der Waals surface area contributed by atoms with Gasteiger partial charge in [-0.05, 0) is 6.92 Å². The molecule has 1 aliphatic rings. The number of hydrogen-bond donors (Lipinski definition) is 0. The highest BCUT2D eigenvalue weighted by Crippen LogP contribution is 2.57. The summed E-state index contributed by atoms with van der Waals surface area (Å²) in [5.41, 5.74) is -15.7. The summed E-state index contributed by atoms with van der Waals surface area (Å²) >= 11 is 0. The third-order valence-corrected chi connectivity index (χ3v) is 6.00. The van der Waals surface area contributed by atoms with E-state index in [4.69, 9.17) is 0 Å². The van der Waals surface area contributed by atoms with E-state index >= 15 is 0 Å². The van der Waals surface area contributed by atoms with Gasteiger partial charge in [-0.2, -0.15) is 43.3 Å². The summed E-state index contributed by atoms with van der Waals surface area (Å²) in [6.07, 6.45) is 0. The molecule has 0 unspecified atom stereocenters. The molecule has 0 bridgehead atoms. The van der Waals surface area contributed by atoms with Crippen LogP contribution in [-0.4, -0.2) is 9.97 Å². The Bertz CT molecular complexity index is 1860. The first-order valence-electron chi connectivity index (χ1n) is 10.8. The second-order valence-corrected chi connectivity index (χ2v) is 8.23. The Morgan fingerprint density at radius 2 is 0.651 bits per heavy atom. The van der Waals surface area contributed by atoms with Crippen molar-refractivity contribution >= 4 is 16.7 Å². The van der Waals surface area contributed by atoms with Gasteiger partial charge in [0.1, 0.15) is 18.2 Å². The molecule has 1 aliphatic carbocycles. The molecule has 0 saturated heterocycles. The van der Waals surface area contributed by atoms with Crippen LogP contribution in [0.5, 0.6) is 0 Å². The average Bonchev–Trinajstić information content (AvgIpc) is 3.69. The number of allylic oxidation sites excluding steroid dienone is 6. The number of nitriles is 3. The van der Waals surface area contributed by atoms with Crippen LogP contribution in [0.15, 0.2) is 16.7 Å². The lowest BCUT2D eigenvalue weighted by molar-refractivity contribution is 0.404. The lowest BCUT2D eigenvalue weighted by Crippen LogP contribution is -2.06. The smallest absolute Gasteiger partial charge is 0.203 e. The van der Waals surface area contributed by atoms with Crippen LogP contribution in [0, 0.1) is 111 Å². The van der Waals surface area contributed by atoms with Crippen molar-refractivity contribution in [3.05, 3.63) is 109 Å². The van der Waals surface area contributed by atoms with Gasteiger partial charge in [-0.1, -0.05) is 0 Å². The molecule has 2 heterocycles. The molecule has 0 amide bonds. The molecule has 3 aromatic rings. The normalized spacial score (nSPS) is 14.6. The number of aromatic nitrogens is 2. The molecular weight excluding hydrogens is 610 g/mol. The summed E-state index contributed by atoms with van der Waals surface area (Å²) in [7, 11) is 0. The molecule has 0 aliphatic heterocycles. The Morgan fingerprint density at radius 1 is 0.419 bits per heavy atom. The highest BCUT2D eigenvalue weighted by atomic mass is 19.2. The van der Waals surface area contributed by atoms with E-state index in [1.54, 1.807) is 0 Å². The summed E-state index contributed by atoms with van der Waals surface area (Å²) < 4.78 is 172. The summed E-state index contributed by atoms with van der Waals surface area (Å²) in [5, 5.41) is 29.1. The van der Waals surface area contributed by atoms with E-state index in [-0.39, 0.29) is 0 Å². The highest BCUT2D eigenvalue weighted by Gasteiger charge is 2.45. The van der Waals surface area contributed by atoms with Gasteiger partial charge in [-0.3, -0.25) is 0 Å². The summed E-state index contributed by atoms with van der Waals surface area (Å²) in [6.45, 7) is 0.575. The van der Waals surface area contributed by atoms with Gasteiger partial charge in [-0.25, -0.2) is 35.1 Å². The molecule has 1 fully saturated rings. The van der Waals surface area contributed by atoms with Gasteiger partial charge in [0.25, 0.3) is 23.8 Å². The number of pyridine rings is 2. The number of halogens is 12. The fourth-order valence-electron chi connectivity index (χ4n) is 4.02. The van der Waals surface area contributed by atoms with Crippen LogP contribution in [-0.2, 0) is 0 Å². The van der Waals surface area contributed by atoms with Gasteiger partial charge in [0.05, 0.1) is 33.4 Å². The van der Waals surface area contributed by atoms with Crippen molar-refractivity contribution in [2.75, 3.05) is 0 Å². The van der Waals surface area contributed by atoms with E-state index in [1.165, 1.54) is 0 Å². The quantitative estimate of drug-likeness (QED) is 0.142. The van der Waals surface area contributed by atoms with Gasteiger partial charge in [0.15, 0.2) is 46.5 Å². The SMILES string of the molecule is Cc1c(F)c(F)c(C(C#N)=C2C(=C(C#N)c3c(F)c(F)nc(F)c3F)C2=C(C#N)c2c(F)c(F)nc(F)c2F)c(F)c1F. The van der Waals surface area contributed by atoms with E-state index in [2.05, 4.69) is 9.97 Å². The zero-order valence-corrected chi connectivity index (χ0v) is 20.3. The Kier molecular flexibility index (Phi) is 7.51. The second-order valence-electron chi connectivity index (χ2n) is 8.23. The molecule has 0 atom stereocenters. The van der Waals surface area contributed by atoms with Crippen molar-refractivity contribution in [2.24, 2.45) is 0 Å². The molecule has 216 valence electrons. The lowest BCUT2D eigenvalue weighted by atomic mass is 10.00. The second kappa shape index (κ2) is 10.6. The minimum Gasteiger partial charge on any atom is -0.203 e.